The van der Waals surface area contributed by atoms with Crippen LogP contribution in [-0.2, 0) is 0 Å². The average Bonchev–Trinajstić information content (AvgIpc) is 3.27. The normalized spacial score (nSPS) is 11.8. The highest BCUT2D eigenvalue weighted by Gasteiger charge is 2.20. The largest absolute Gasteiger partial charge is 0.453 e. The topological polar surface area (TPSA) is 31.0 Å². The van der Waals surface area contributed by atoms with E-state index >= 15 is 0 Å². The third kappa shape index (κ3) is 2.74. The highest BCUT2D eigenvalue weighted by Crippen LogP contribution is 2.35. The minimum absolute atomic E-state index is 0.426. The van der Waals surface area contributed by atoms with Gasteiger partial charge in [-0.15, -0.1) is 0 Å². The Labute approximate surface area is 154 Å². The van der Waals surface area contributed by atoms with Crippen LogP contribution in [0.1, 0.15) is 50.7 Å². The van der Waals surface area contributed by atoms with E-state index in [1.165, 1.54) is 16.8 Å². The summed E-state index contributed by atoms with van der Waals surface area (Å²) in [6, 6.07) is 16.7. The Morgan fingerprint density at radius 1 is 0.885 bits per heavy atom. The minimum Gasteiger partial charge on any atom is -0.453 e. The van der Waals surface area contributed by atoms with Crippen molar-refractivity contribution in [2.24, 2.45) is 0 Å². The number of aromatic nitrogens is 2. The molecular weight excluding hydrogens is 320 g/mol. The van der Waals surface area contributed by atoms with Crippen LogP contribution in [0, 0.1) is 0 Å². The molecule has 0 aliphatic carbocycles. The molecule has 0 saturated heterocycles. The van der Waals surface area contributed by atoms with Gasteiger partial charge < -0.3 is 4.42 Å². The van der Waals surface area contributed by atoms with Crippen LogP contribution in [0.5, 0.6) is 0 Å². The van der Waals surface area contributed by atoms with Crippen LogP contribution in [0.15, 0.2) is 65.3 Å². The maximum Gasteiger partial charge on any atom is 0.180 e. The second-order valence-corrected chi connectivity index (χ2v) is 7.36. The zero-order valence-corrected chi connectivity index (χ0v) is 15.7. The summed E-state index contributed by atoms with van der Waals surface area (Å²) in [5, 5.41) is 1.10. The molecule has 0 saturated carbocycles. The van der Waals surface area contributed by atoms with Crippen molar-refractivity contribution < 1.29 is 4.42 Å². The lowest BCUT2D eigenvalue weighted by molar-refractivity contribution is 0.623. The minimum atomic E-state index is 0.426. The Bertz CT molecular complexity index is 994. The van der Waals surface area contributed by atoms with Crippen LogP contribution >= 0.6 is 0 Å². The van der Waals surface area contributed by atoms with Gasteiger partial charge in [-0.25, -0.2) is 4.98 Å². The van der Waals surface area contributed by atoms with Crippen molar-refractivity contribution in [1.82, 2.24) is 9.55 Å². The third-order valence-electron chi connectivity index (χ3n) is 4.87. The van der Waals surface area contributed by atoms with Gasteiger partial charge in [0.25, 0.3) is 0 Å². The zero-order chi connectivity index (χ0) is 18.3. The van der Waals surface area contributed by atoms with Crippen LogP contribution in [-0.4, -0.2) is 9.55 Å². The van der Waals surface area contributed by atoms with E-state index in [0.29, 0.717) is 11.8 Å². The molecule has 4 rings (SSSR count). The van der Waals surface area contributed by atoms with Crippen LogP contribution in [0.3, 0.4) is 0 Å². The van der Waals surface area contributed by atoms with Gasteiger partial charge in [0.2, 0.25) is 0 Å². The summed E-state index contributed by atoms with van der Waals surface area (Å²) in [6.07, 6.45) is 3.89. The van der Waals surface area contributed by atoms with E-state index in [2.05, 4.69) is 67.6 Å². The highest BCUT2D eigenvalue weighted by molar-refractivity contribution is 5.82. The fraction of sp³-hybridized carbons (Fsp3) is 0.261. The number of para-hydroxylation sites is 2. The summed E-state index contributed by atoms with van der Waals surface area (Å²) >= 11 is 0. The Hall–Kier alpha value is -2.81. The van der Waals surface area contributed by atoms with Gasteiger partial charge in [-0.05, 0) is 35.1 Å². The second kappa shape index (κ2) is 6.49. The molecule has 0 spiro atoms. The molecule has 0 atom stereocenters. The van der Waals surface area contributed by atoms with E-state index in [1.54, 1.807) is 0 Å². The molecule has 0 N–H and O–H groups in total. The molecule has 0 radical (unpaired) electrons. The van der Waals surface area contributed by atoms with Gasteiger partial charge in [0, 0.05) is 17.8 Å². The summed E-state index contributed by atoms with van der Waals surface area (Å²) in [5.74, 6) is 2.49. The first kappa shape index (κ1) is 16.6. The summed E-state index contributed by atoms with van der Waals surface area (Å²) in [4.78, 5) is 4.63. The first-order valence-corrected chi connectivity index (χ1v) is 9.21. The standard InChI is InChI=1S/C23H24N2O/c1-15(2)18-9-7-10-19(16(3)4)22(18)25-13-12-24-23(25)21-14-17-8-5-6-11-20(17)26-21/h5-16H,1-4H3. The molecule has 3 nitrogen and oxygen atoms in total. The predicted octanol–water partition coefficient (Wildman–Crippen LogP) is 6.53. The number of rotatable bonds is 4. The Morgan fingerprint density at radius 2 is 1.58 bits per heavy atom. The van der Waals surface area contributed by atoms with Crippen LogP contribution in [0.4, 0.5) is 0 Å². The molecule has 2 heterocycles. The van der Waals surface area contributed by atoms with Gasteiger partial charge in [-0.2, -0.15) is 0 Å². The maximum atomic E-state index is 6.09. The lowest BCUT2D eigenvalue weighted by Crippen LogP contribution is -2.07. The van der Waals surface area contributed by atoms with Crippen LogP contribution in [0.25, 0.3) is 28.2 Å². The van der Waals surface area contributed by atoms with E-state index in [0.717, 1.165) is 22.6 Å². The summed E-state index contributed by atoms with van der Waals surface area (Å²) in [6.45, 7) is 8.95. The summed E-state index contributed by atoms with van der Waals surface area (Å²) in [5.41, 5.74) is 4.77. The first-order chi connectivity index (χ1) is 12.6. The van der Waals surface area contributed by atoms with Crippen molar-refractivity contribution in [1.29, 1.82) is 0 Å². The molecule has 0 aliphatic heterocycles. The zero-order valence-electron chi connectivity index (χ0n) is 15.7. The van der Waals surface area contributed by atoms with E-state index in [9.17, 15) is 0 Å². The smallest absolute Gasteiger partial charge is 0.180 e. The number of nitrogens with zero attached hydrogens (tertiary/aromatic N) is 2. The third-order valence-corrected chi connectivity index (χ3v) is 4.87. The molecule has 0 unspecified atom stereocenters. The molecule has 132 valence electrons. The molecule has 2 aromatic heterocycles. The number of hydrogen-bond acceptors (Lipinski definition) is 2. The number of furan rings is 1. The molecule has 3 heteroatoms. The SMILES string of the molecule is CC(C)c1cccc(C(C)C)c1-n1ccnc1-c1cc2ccccc2o1. The van der Waals surface area contributed by atoms with Crippen LogP contribution in [0.2, 0.25) is 0 Å². The van der Waals surface area contributed by atoms with Gasteiger partial charge in [0.15, 0.2) is 11.6 Å². The Balaban J connectivity index is 1.95. The van der Waals surface area contributed by atoms with Crippen molar-refractivity contribution in [3.63, 3.8) is 0 Å². The monoisotopic (exact) mass is 344 g/mol. The van der Waals surface area contributed by atoms with E-state index < -0.39 is 0 Å². The van der Waals surface area contributed by atoms with Gasteiger partial charge in [-0.1, -0.05) is 64.1 Å². The molecule has 0 amide bonds. The molecule has 4 aromatic rings. The summed E-state index contributed by atoms with van der Waals surface area (Å²) < 4.78 is 8.27. The quantitative estimate of drug-likeness (QED) is 0.421. The van der Waals surface area contributed by atoms with Crippen LogP contribution < -0.4 is 0 Å². The lowest BCUT2D eigenvalue weighted by Gasteiger charge is -2.21. The Kier molecular flexibility index (Phi) is 4.15. The molecule has 0 aliphatic rings. The molecule has 2 aromatic carbocycles. The fourth-order valence-electron chi connectivity index (χ4n) is 3.55. The van der Waals surface area contributed by atoms with Gasteiger partial charge >= 0.3 is 0 Å². The maximum absolute atomic E-state index is 6.09. The Morgan fingerprint density at radius 3 is 2.23 bits per heavy atom. The predicted molar refractivity (Wildman–Crippen MR) is 107 cm³/mol. The summed E-state index contributed by atoms with van der Waals surface area (Å²) in [7, 11) is 0. The lowest BCUT2D eigenvalue weighted by atomic mass is 9.92. The van der Waals surface area contributed by atoms with Crippen molar-refractivity contribution in [3.05, 3.63) is 72.1 Å². The molecule has 0 bridgehead atoms. The highest BCUT2D eigenvalue weighted by atomic mass is 16.3. The second-order valence-electron chi connectivity index (χ2n) is 7.36. The van der Waals surface area contributed by atoms with E-state index in [-0.39, 0.29) is 0 Å². The van der Waals surface area contributed by atoms with Crippen molar-refractivity contribution in [3.8, 4) is 17.3 Å². The van der Waals surface area contributed by atoms with E-state index in [4.69, 9.17) is 4.42 Å². The van der Waals surface area contributed by atoms with E-state index in [1.807, 2.05) is 30.6 Å². The van der Waals surface area contributed by atoms with Crippen molar-refractivity contribution in [2.75, 3.05) is 0 Å². The average molecular weight is 344 g/mol. The first-order valence-electron chi connectivity index (χ1n) is 9.21. The van der Waals surface area contributed by atoms with Gasteiger partial charge in [0.05, 0.1) is 5.69 Å². The number of imidazole rings is 1. The molecule has 26 heavy (non-hydrogen) atoms. The molecule has 0 fully saturated rings. The number of hydrogen-bond donors (Lipinski definition) is 0. The van der Waals surface area contributed by atoms with Crippen molar-refractivity contribution in [2.45, 2.75) is 39.5 Å². The fourth-order valence-corrected chi connectivity index (χ4v) is 3.55. The van der Waals surface area contributed by atoms with Crippen molar-refractivity contribution >= 4 is 11.0 Å². The van der Waals surface area contributed by atoms with Gasteiger partial charge in [-0.3, -0.25) is 4.57 Å². The number of benzene rings is 2. The van der Waals surface area contributed by atoms with Gasteiger partial charge in [0.1, 0.15) is 5.58 Å². The molecular formula is C23H24N2O. The number of fused-ring (bicyclic) bond motifs is 1.